The number of halogens is 1. The Balaban J connectivity index is 2.69. The number of nitrogens with zero attached hydrogens (tertiary/aromatic N) is 3. The van der Waals surface area contributed by atoms with Crippen molar-refractivity contribution in [1.82, 2.24) is 14.8 Å². The third-order valence-electron chi connectivity index (χ3n) is 2.91. The number of aryl methyl sites for hydroxylation is 1. The van der Waals surface area contributed by atoms with Crippen molar-refractivity contribution in [1.29, 1.82) is 0 Å². The molecule has 2 aromatic rings. The van der Waals surface area contributed by atoms with Gasteiger partial charge in [-0.25, -0.2) is 4.68 Å². The minimum atomic E-state index is 0.512. The van der Waals surface area contributed by atoms with E-state index in [0.717, 1.165) is 17.8 Å². The lowest BCUT2D eigenvalue weighted by atomic mass is 10.1. The number of nitrogen functional groups attached to an aromatic ring is 1. The van der Waals surface area contributed by atoms with Gasteiger partial charge in [0.25, 0.3) is 0 Å². The average molecular weight is 251 g/mol. The molecule has 2 heterocycles. The van der Waals surface area contributed by atoms with Crippen molar-refractivity contribution < 1.29 is 0 Å². The number of hydrogen-bond donors (Lipinski definition) is 1. The molecule has 0 bridgehead atoms. The van der Waals surface area contributed by atoms with Gasteiger partial charge in [0.15, 0.2) is 0 Å². The molecule has 0 aliphatic carbocycles. The van der Waals surface area contributed by atoms with E-state index in [-0.39, 0.29) is 0 Å². The summed E-state index contributed by atoms with van der Waals surface area (Å²) in [5, 5.41) is 5.01. The number of rotatable bonds is 2. The summed E-state index contributed by atoms with van der Waals surface area (Å²) in [6, 6.07) is 0. The standard InChI is InChI=1S/C12H15ClN4/c1-4-9-7(2)16-17(8(9)3)12-10(13)5-15-6-11(12)14/h5-6H,4,14H2,1-3H3. The molecule has 0 aliphatic rings. The quantitative estimate of drug-likeness (QED) is 0.892. The number of hydrogen-bond acceptors (Lipinski definition) is 3. The fourth-order valence-corrected chi connectivity index (χ4v) is 2.32. The first-order valence-electron chi connectivity index (χ1n) is 5.50. The average Bonchev–Trinajstić information content (AvgIpc) is 2.54. The maximum Gasteiger partial charge on any atom is 0.110 e. The Morgan fingerprint density at radius 3 is 2.59 bits per heavy atom. The van der Waals surface area contributed by atoms with Crippen LogP contribution in [-0.4, -0.2) is 14.8 Å². The Hall–Kier alpha value is -1.55. The number of aromatic nitrogens is 3. The molecule has 0 aliphatic heterocycles. The molecule has 0 amide bonds. The van der Waals surface area contributed by atoms with E-state index in [9.17, 15) is 0 Å². The van der Waals surface area contributed by atoms with Crippen LogP contribution < -0.4 is 5.73 Å². The first kappa shape index (κ1) is 11.9. The van der Waals surface area contributed by atoms with E-state index in [4.69, 9.17) is 17.3 Å². The van der Waals surface area contributed by atoms with Crippen LogP contribution in [0.3, 0.4) is 0 Å². The van der Waals surface area contributed by atoms with Gasteiger partial charge in [-0.2, -0.15) is 5.10 Å². The lowest BCUT2D eigenvalue weighted by Crippen LogP contribution is -2.05. The zero-order valence-corrected chi connectivity index (χ0v) is 10.9. The van der Waals surface area contributed by atoms with Gasteiger partial charge >= 0.3 is 0 Å². The molecule has 0 saturated heterocycles. The summed E-state index contributed by atoms with van der Waals surface area (Å²) in [5.41, 5.74) is 10.5. The predicted molar refractivity (Wildman–Crippen MR) is 69.6 cm³/mol. The topological polar surface area (TPSA) is 56.7 Å². The molecular weight excluding hydrogens is 236 g/mol. The van der Waals surface area contributed by atoms with Crippen LogP contribution in [0.25, 0.3) is 5.69 Å². The summed E-state index contributed by atoms with van der Waals surface area (Å²) in [6.07, 6.45) is 4.11. The highest BCUT2D eigenvalue weighted by atomic mass is 35.5. The normalized spacial score (nSPS) is 10.8. The summed E-state index contributed by atoms with van der Waals surface area (Å²) in [4.78, 5) is 3.95. The molecule has 0 fully saturated rings. The van der Waals surface area contributed by atoms with E-state index >= 15 is 0 Å². The van der Waals surface area contributed by atoms with Gasteiger partial charge in [0.05, 0.1) is 22.6 Å². The van der Waals surface area contributed by atoms with Crippen LogP contribution in [0.4, 0.5) is 5.69 Å². The van der Waals surface area contributed by atoms with Crippen LogP contribution in [-0.2, 0) is 6.42 Å². The van der Waals surface area contributed by atoms with Gasteiger partial charge in [-0.1, -0.05) is 18.5 Å². The fraction of sp³-hybridized carbons (Fsp3) is 0.333. The highest BCUT2D eigenvalue weighted by Crippen LogP contribution is 2.27. The monoisotopic (exact) mass is 250 g/mol. The van der Waals surface area contributed by atoms with Crippen LogP contribution in [0.15, 0.2) is 12.4 Å². The zero-order chi connectivity index (χ0) is 12.6. The fourth-order valence-electron chi connectivity index (χ4n) is 2.07. The van der Waals surface area contributed by atoms with Crippen LogP contribution in [0.1, 0.15) is 23.9 Å². The van der Waals surface area contributed by atoms with E-state index < -0.39 is 0 Å². The molecule has 0 aromatic carbocycles. The number of pyridine rings is 1. The smallest absolute Gasteiger partial charge is 0.110 e. The maximum atomic E-state index is 6.14. The first-order valence-corrected chi connectivity index (χ1v) is 5.88. The summed E-state index contributed by atoms with van der Waals surface area (Å²) in [5.74, 6) is 0. The molecule has 5 heteroatoms. The minimum absolute atomic E-state index is 0.512. The van der Waals surface area contributed by atoms with Crippen molar-refractivity contribution in [3.63, 3.8) is 0 Å². The molecule has 2 N–H and O–H groups in total. The highest BCUT2D eigenvalue weighted by molar-refractivity contribution is 6.32. The van der Waals surface area contributed by atoms with Crippen molar-refractivity contribution in [2.75, 3.05) is 5.73 Å². The summed E-state index contributed by atoms with van der Waals surface area (Å²) in [6.45, 7) is 6.13. The van der Waals surface area contributed by atoms with Gasteiger partial charge < -0.3 is 5.73 Å². The third kappa shape index (κ3) is 1.89. The molecule has 0 atom stereocenters. The summed E-state index contributed by atoms with van der Waals surface area (Å²) in [7, 11) is 0. The second-order valence-corrected chi connectivity index (χ2v) is 4.38. The Morgan fingerprint density at radius 2 is 2.06 bits per heavy atom. The van der Waals surface area contributed by atoms with E-state index in [1.165, 1.54) is 5.56 Å². The molecule has 90 valence electrons. The molecule has 4 nitrogen and oxygen atoms in total. The number of nitrogens with two attached hydrogens (primary N) is 1. The largest absolute Gasteiger partial charge is 0.396 e. The van der Waals surface area contributed by atoms with Crippen LogP contribution in [0.5, 0.6) is 0 Å². The van der Waals surface area contributed by atoms with Gasteiger partial charge in [0.2, 0.25) is 0 Å². The van der Waals surface area contributed by atoms with Gasteiger partial charge in [-0.15, -0.1) is 0 Å². The van der Waals surface area contributed by atoms with Crippen LogP contribution in [0, 0.1) is 13.8 Å². The van der Waals surface area contributed by atoms with Gasteiger partial charge in [-0.05, 0) is 25.8 Å². The molecule has 0 spiro atoms. The SMILES string of the molecule is CCc1c(C)nn(-c2c(N)cncc2Cl)c1C. The molecular formula is C12H15ClN4. The van der Waals surface area contributed by atoms with Crippen molar-refractivity contribution in [2.24, 2.45) is 0 Å². The second kappa shape index (κ2) is 4.37. The Morgan fingerprint density at radius 1 is 1.35 bits per heavy atom. The lowest BCUT2D eigenvalue weighted by molar-refractivity contribution is 0.833. The van der Waals surface area contributed by atoms with Crippen molar-refractivity contribution >= 4 is 17.3 Å². The lowest BCUT2D eigenvalue weighted by Gasteiger charge is -2.09. The minimum Gasteiger partial charge on any atom is -0.396 e. The van der Waals surface area contributed by atoms with E-state index in [1.807, 2.05) is 13.8 Å². The van der Waals surface area contributed by atoms with Gasteiger partial charge in [0, 0.05) is 11.9 Å². The van der Waals surface area contributed by atoms with Crippen molar-refractivity contribution in [3.8, 4) is 5.69 Å². The Kier molecular flexibility index (Phi) is 3.07. The summed E-state index contributed by atoms with van der Waals surface area (Å²) >= 11 is 6.14. The molecule has 0 unspecified atom stereocenters. The molecule has 2 aromatic heterocycles. The predicted octanol–water partition coefficient (Wildman–Crippen LogP) is 2.68. The van der Waals surface area contributed by atoms with Gasteiger partial charge in [0.1, 0.15) is 5.69 Å². The molecule has 2 rings (SSSR count). The first-order chi connectivity index (χ1) is 8.06. The summed E-state index contributed by atoms with van der Waals surface area (Å²) < 4.78 is 1.80. The van der Waals surface area contributed by atoms with E-state index in [0.29, 0.717) is 16.4 Å². The van der Waals surface area contributed by atoms with Gasteiger partial charge in [-0.3, -0.25) is 4.98 Å². The highest BCUT2D eigenvalue weighted by Gasteiger charge is 2.15. The van der Waals surface area contributed by atoms with Crippen LogP contribution in [0.2, 0.25) is 5.02 Å². The Labute approximate surface area is 105 Å². The molecule has 0 radical (unpaired) electrons. The Bertz CT molecular complexity index is 540. The van der Waals surface area contributed by atoms with Crippen molar-refractivity contribution in [3.05, 3.63) is 34.4 Å². The third-order valence-corrected chi connectivity index (χ3v) is 3.18. The van der Waals surface area contributed by atoms with Crippen molar-refractivity contribution in [2.45, 2.75) is 27.2 Å². The van der Waals surface area contributed by atoms with E-state index in [2.05, 4.69) is 17.0 Å². The molecule has 0 saturated carbocycles. The second-order valence-electron chi connectivity index (χ2n) is 3.97. The zero-order valence-electron chi connectivity index (χ0n) is 10.2. The van der Waals surface area contributed by atoms with E-state index in [1.54, 1.807) is 17.1 Å². The number of anilines is 1. The maximum absolute atomic E-state index is 6.14. The van der Waals surface area contributed by atoms with Crippen LogP contribution >= 0.6 is 11.6 Å². The molecule has 17 heavy (non-hydrogen) atoms.